The van der Waals surface area contributed by atoms with Crippen LogP contribution in [0.25, 0.3) is 0 Å². The van der Waals surface area contributed by atoms with Crippen molar-refractivity contribution in [2.45, 2.75) is 99.0 Å². The van der Waals surface area contributed by atoms with E-state index in [9.17, 15) is 4.79 Å². The van der Waals surface area contributed by atoms with E-state index in [1.165, 1.54) is 25.7 Å². The molecule has 0 saturated carbocycles. The third-order valence-electron chi connectivity index (χ3n) is 3.89. The van der Waals surface area contributed by atoms with Gasteiger partial charge in [0, 0.05) is 0 Å². The average molecular weight is 299 g/mol. The lowest BCUT2D eigenvalue weighted by Crippen LogP contribution is -2.25. The van der Waals surface area contributed by atoms with Crippen molar-refractivity contribution < 1.29 is 9.53 Å². The van der Waals surface area contributed by atoms with Gasteiger partial charge in [0.1, 0.15) is 6.10 Å². The molecule has 0 aromatic heterocycles. The summed E-state index contributed by atoms with van der Waals surface area (Å²) in [6, 6.07) is 0. The van der Waals surface area contributed by atoms with Gasteiger partial charge in [0.2, 0.25) is 0 Å². The van der Waals surface area contributed by atoms with E-state index in [4.69, 9.17) is 4.74 Å². The number of ether oxygens (including phenoxy) is 1. The molecule has 0 saturated heterocycles. The van der Waals surface area contributed by atoms with Crippen LogP contribution >= 0.6 is 0 Å². The summed E-state index contributed by atoms with van der Waals surface area (Å²) in [5, 5.41) is 0. The molecule has 2 nitrogen and oxygen atoms in total. The van der Waals surface area contributed by atoms with Gasteiger partial charge in [-0.05, 0) is 31.1 Å². The molecule has 0 heterocycles. The molecule has 0 fully saturated rings. The van der Waals surface area contributed by atoms with Gasteiger partial charge in [-0.1, -0.05) is 73.6 Å². The topological polar surface area (TPSA) is 26.3 Å². The first-order valence-corrected chi connectivity index (χ1v) is 9.07. The zero-order chi connectivity index (χ0) is 16.3. The van der Waals surface area contributed by atoms with Crippen molar-refractivity contribution in [2.24, 2.45) is 17.8 Å². The van der Waals surface area contributed by atoms with Crippen LogP contribution in [0.2, 0.25) is 0 Å². The van der Waals surface area contributed by atoms with E-state index >= 15 is 0 Å². The molecule has 0 radical (unpaired) electrons. The highest BCUT2D eigenvalue weighted by Crippen LogP contribution is 2.20. The minimum atomic E-state index is 0.0109. The van der Waals surface area contributed by atoms with Crippen molar-refractivity contribution in [1.82, 2.24) is 0 Å². The Bertz CT molecular complexity index is 248. The molecule has 0 aliphatic heterocycles. The third-order valence-corrected chi connectivity index (χ3v) is 3.89. The fourth-order valence-corrected chi connectivity index (χ4v) is 2.70. The van der Waals surface area contributed by atoms with E-state index in [0.717, 1.165) is 25.7 Å². The molecule has 1 atom stereocenters. The van der Waals surface area contributed by atoms with Gasteiger partial charge in [-0.2, -0.15) is 0 Å². The molecule has 1 unspecified atom stereocenters. The van der Waals surface area contributed by atoms with Crippen molar-refractivity contribution in [3.63, 3.8) is 0 Å². The number of unbranched alkanes of at least 4 members (excludes halogenated alkanes) is 4. The summed E-state index contributed by atoms with van der Waals surface area (Å²) in [6.07, 6.45) is 9.29. The maximum Gasteiger partial charge on any atom is 0.308 e. The summed E-state index contributed by atoms with van der Waals surface area (Å²) >= 11 is 0. The summed E-state index contributed by atoms with van der Waals surface area (Å²) in [6.45, 7) is 13.0. The predicted octanol–water partition coefficient (Wildman–Crippen LogP) is 5.99. The first-order valence-electron chi connectivity index (χ1n) is 9.07. The van der Waals surface area contributed by atoms with E-state index in [0.29, 0.717) is 11.8 Å². The highest BCUT2D eigenvalue weighted by molar-refractivity contribution is 5.72. The SMILES string of the molecule is CCCCCCCC(C)C(=O)OC(CC(C)C)CC(C)C. The zero-order valence-electron chi connectivity index (χ0n) is 15.3. The van der Waals surface area contributed by atoms with Gasteiger partial charge in [0.25, 0.3) is 0 Å². The van der Waals surface area contributed by atoms with E-state index in [1.54, 1.807) is 0 Å². The number of hydrogen-bond donors (Lipinski definition) is 0. The Labute approximate surface area is 133 Å². The second kappa shape index (κ2) is 12.1. The first-order chi connectivity index (χ1) is 9.86. The van der Waals surface area contributed by atoms with Crippen molar-refractivity contribution in [3.8, 4) is 0 Å². The fraction of sp³-hybridized carbons (Fsp3) is 0.947. The van der Waals surface area contributed by atoms with Gasteiger partial charge in [0.15, 0.2) is 0 Å². The Morgan fingerprint density at radius 2 is 1.38 bits per heavy atom. The molecular formula is C19H38O2. The second-order valence-electron chi connectivity index (χ2n) is 7.42. The molecule has 0 amide bonds. The zero-order valence-corrected chi connectivity index (χ0v) is 15.3. The van der Waals surface area contributed by atoms with Gasteiger partial charge >= 0.3 is 5.97 Å². The Hall–Kier alpha value is -0.530. The Morgan fingerprint density at radius 3 is 1.86 bits per heavy atom. The third kappa shape index (κ3) is 11.8. The molecule has 0 spiro atoms. The fourth-order valence-electron chi connectivity index (χ4n) is 2.70. The van der Waals surface area contributed by atoms with E-state index in [1.807, 2.05) is 6.92 Å². The van der Waals surface area contributed by atoms with Crippen LogP contribution in [0.15, 0.2) is 0 Å². The number of carbonyl (C=O) groups is 1. The average Bonchev–Trinajstić information content (AvgIpc) is 2.36. The summed E-state index contributed by atoms with van der Waals surface area (Å²) in [4.78, 5) is 12.2. The molecule has 21 heavy (non-hydrogen) atoms. The lowest BCUT2D eigenvalue weighted by molar-refractivity contribution is -0.155. The first kappa shape index (κ1) is 20.5. The second-order valence-corrected chi connectivity index (χ2v) is 7.42. The van der Waals surface area contributed by atoms with E-state index in [2.05, 4.69) is 34.6 Å². The number of esters is 1. The van der Waals surface area contributed by atoms with Crippen LogP contribution in [-0.4, -0.2) is 12.1 Å². The van der Waals surface area contributed by atoms with Crippen LogP contribution in [-0.2, 0) is 9.53 Å². The monoisotopic (exact) mass is 298 g/mol. The molecule has 0 aromatic carbocycles. The highest BCUT2D eigenvalue weighted by Gasteiger charge is 2.21. The van der Waals surface area contributed by atoms with Gasteiger partial charge in [-0.3, -0.25) is 4.79 Å². The molecule has 0 bridgehead atoms. The van der Waals surface area contributed by atoms with Crippen LogP contribution in [0.4, 0.5) is 0 Å². The summed E-state index contributed by atoms with van der Waals surface area (Å²) < 4.78 is 5.77. The highest BCUT2D eigenvalue weighted by atomic mass is 16.5. The summed E-state index contributed by atoms with van der Waals surface area (Å²) in [5.74, 6) is 1.21. The molecular weight excluding hydrogens is 260 g/mol. The van der Waals surface area contributed by atoms with Crippen LogP contribution in [0.1, 0.15) is 92.9 Å². The quantitative estimate of drug-likeness (QED) is 0.327. The lowest BCUT2D eigenvalue weighted by Gasteiger charge is -2.23. The summed E-state index contributed by atoms with van der Waals surface area (Å²) in [5.41, 5.74) is 0. The van der Waals surface area contributed by atoms with Gasteiger partial charge in [-0.15, -0.1) is 0 Å². The van der Waals surface area contributed by atoms with Gasteiger partial charge < -0.3 is 4.74 Å². The Balaban J connectivity index is 4.08. The summed E-state index contributed by atoms with van der Waals surface area (Å²) in [7, 11) is 0. The maximum absolute atomic E-state index is 12.2. The molecule has 0 N–H and O–H groups in total. The molecule has 0 aromatic rings. The smallest absolute Gasteiger partial charge is 0.308 e. The van der Waals surface area contributed by atoms with E-state index in [-0.39, 0.29) is 18.0 Å². The normalized spacial score (nSPS) is 13.2. The van der Waals surface area contributed by atoms with E-state index < -0.39 is 0 Å². The Morgan fingerprint density at radius 1 is 0.857 bits per heavy atom. The standard InChI is InChI=1S/C19H38O2/c1-7-8-9-10-11-12-17(6)19(20)21-18(13-15(2)3)14-16(4)5/h15-18H,7-14H2,1-6H3. The van der Waals surface area contributed by atoms with Gasteiger partial charge in [0.05, 0.1) is 5.92 Å². The number of rotatable bonds is 12. The lowest BCUT2D eigenvalue weighted by atomic mass is 9.97. The maximum atomic E-state index is 12.2. The van der Waals surface area contributed by atoms with Crippen LogP contribution in [0.3, 0.4) is 0 Å². The molecule has 0 rings (SSSR count). The van der Waals surface area contributed by atoms with Crippen LogP contribution in [0, 0.1) is 17.8 Å². The predicted molar refractivity (Wildman–Crippen MR) is 91.3 cm³/mol. The van der Waals surface area contributed by atoms with Crippen molar-refractivity contribution in [2.75, 3.05) is 0 Å². The largest absolute Gasteiger partial charge is 0.462 e. The minimum absolute atomic E-state index is 0.0109. The van der Waals surface area contributed by atoms with Gasteiger partial charge in [-0.25, -0.2) is 0 Å². The molecule has 0 aliphatic rings. The van der Waals surface area contributed by atoms with Crippen molar-refractivity contribution >= 4 is 5.97 Å². The van der Waals surface area contributed by atoms with Crippen molar-refractivity contribution in [3.05, 3.63) is 0 Å². The number of carbonyl (C=O) groups excluding carboxylic acids is 1. The Kier molecular flexibility index (Phi) is 11.8. The minimum Gasteiger partial charge on any atom is -0.462 e. The molecule has 126 valence electrons. The van der Waals surface area contributed by atoms with Crippen molar-refractivity contribution in [1.29, 1.82) is 0 Å². The number of hydrogen-bond acceptors (Lipinski definition) is 2. The van der Waals surface area contributed by atoms with Crippen LogP contribution in [0.5, 0.6) is 0 Å². The van der Waals surface area contributed by atoms with Crippen LogP contribution < -0.4 is 0 Å². The molecule has 0 aliphatic carbocycles. The molecule has 2 heteroatoms.